The molecule has 1 saturated heterocycles. The molecule has 7 heteroatoms. The fourth-order valence-electron chi connectivity index (χ4n) is 4.40. The number of amides is 1. The average Bonchev–Trinajstić information content (AvgIpc) is 3.56. The Balaban J connectivity index is 1.31. The van der Waals surface area contributed by atoms with Gasteiger partial charge in [-0.2, -0.15) is 5.10 Å². The number of carbonyl (C=O) groups is 1. The number of piperazine rings is 1. The number of rotatable bonds is 7. The van der Waals surface area contributed by atoms with E-state index in [2.05, 4.69) is 39.3 Å². The van der Waals surface area contributed by atoms with Crippen molar-refractivity contribution in [1.82, 2.24) is 24.1 Å². The maximum atomic E-state index is 13.2. The monoisotopic (exact) mass is 454 g/mol. The highest BCUT2D eigenvalue weighted by atomic mass is 16.1. The van der Waals surface area contributed by atoms with E-state index in [1.165, 1.54) is 5.56 Å². The molecule has 0 unspecified atom stereocenters. The molecule has 2 aromatic carbocycles. The Morgan fingerprint density at radius 3 is 2.24 bits per heavy atom. The molecule has 7 nitrogen and oxygen atoms in total. The summed E-state index contributed by atoms with van der Waals surface area (Å²) in [7, 11) is 0. The van der Waals surface area contributed by atoms with Gasteiger partial charge in [-0.25, -0.2) is 4.68 Å². The van der Waals surface area contributed by atoms with E-state index in [0.29, 0.717) is 11.4 Å². The maximum Gasteiger partial charge on any atom is 0.261 e. The van der Waals surface area contributed by atoms with Gasteiger partial charge in [0.1, 0.15) is 5.56 Å². The van der Waals surface area contributed by atoms with Crippen LogP contribution >= 0.6 is 0 Å². The fraction of sp³-hybridized carbons (Fsp3) is 0.259. The van der Waals surface area contributed by atoms with Crippen LogP contribution in [0.3, 0.4) is 0 Å². The summed E-state index contributed by atoms with van der Waals surface area (Å²) >= 11 is 0. The first-order valence-electron chi connectivity index (χ1n) is 11.8. The Labute approximate surface area is 200 Å². The van der Waals surface area contributed by atoms with E-state index in [-0.39, 0.29) is 5.91 Å². The van der Waals surface area contributed by atoms with Crippen LogP contribution in [0.15, 0.2) is 85.3 Å². The minimum absolute atomic E-state index is 0.186. The number of benzene rings is 2. The van der Waals surface area contributed by atoms with Gasteiger partial charge in [0.05, 0.1) is 11.9 Å². The van der Waals surface area contributed by atoms with Crippen LogP contribution in [0.25, 0.3) is 11.5 Å². The van der Waals surface area contributed by atoms with E-state index >= 15 is 0 Å². The Hall–Kier alpha value is -3.68. The highest BCUT2D eigenvalue weighted by molar-refractivity contribution is 6.06. The second kappa shape index (κ2) is 10.1. The Bertz CT molecular complexity index is 1210. The summed E-state index contributed by atoms with van der Waals surface area (Å²) in [6.45, 7) is 8.73. The topological polar surface area (TPSA) is 58.3 Å². The molecular formula is C27H30N6O. The zero-order valence-electron chi connectivity index (χ0n) is 19.5. The van der Waals surface area contributed by atoms with Gasteiger partial charge in [-0.3, -0.25) is 9.69 Å². The van der Waals surface area contributed by atoms with Crippen LogP contribution in [0.2, 0.25) is 0 Å². The highest BCUT2D eigenvalue weighted by Crippen LogP contribution is 2.21. The molecule has 4 aromatic rings. The first-order valence-corrected chi connectivity index (χ1v) is 11.8. The molecule has 0 bridgehead atoms. The van der Waals surface area contributed by atoms with Gasteiger partial charge in [0.25, 0.3) is 5.91 Å². The number of nitrogens with one attached hydrogen (secondary N) is 1. The summed E-state index contributed by atoms with van der Waals surface area (Å²) in [4.78, 5) is 18.2. The summed E-state index contributed by atoms with van der Waals surface area (Å²) in [6.07, 6.45) is 5.46. The van der Waals surface area contributed by atoms with E-state index in [0.717, 1.165) is 50.6 Å². The van der Waals surface area contributed by atoms with E-state index in [1.54, 1.807) is 10.9 Å². The van der Waals surface area contributed by atoms with Gasteiger partial charge in [-0.15, -0.1) is 0 Å². The van der Waals surface area contributed by atoms with Crippen molar-refractivity contribution in [3.8, 4) is 11.5 Å². The number of hydrogen-bond donors (Lipinski definition) is 1. The van der Waals surface area contributed by atoms with E-state index in [1.807, 2.05) is 71.6 Å². The van der Waals surface area contributed by atoms with Gasteiger partial charge in [-0.1, -0.05) is 37.3 Å². The third kappa shape index (κ3) is 4.81. The van der Waals surface area contributed by atoms with Crippen LogP contribution < -0.4 is 5.32 Å². The zero-order valence-corrected chi connectivity index (χ0v) is 19.5. The van der Waals surface area contributed by atoms with Gasteiger partial charge in [0.2, 0.25) is 0 Å². The van der Waals surface area contributed by atoms with Crippen molar-refractivity contribution < 1.29 is 4.79 Å². The van der Waals surface area contributed by atoms with Crippen molar-refractivity contribution >= 4 is 11.6 Å². The first-order chi connectivity index (χ1) is 16.7. The number of nitrogens with zero attached hydrogens (tertiary/aromatic N) is 5. The minimum Gasteiger partial charge on any atom is -0.322 e. The lowest BCUT2D eigenvalue weighted by Gasteiger charge is -2.34. The Morgan fingerprint density at radius 2 is 1.56 bits per heavy atom. The SMILES string of the molecule is CCN1CCN(Cc2ccc(NC(=O)c3cnn(-c4ccccc4)c3-n3cccc3)cc2)CC1. The molecule has 5 rings (SSSR count). The van der Waals surface area contributed by atoms with Crippen molar-refractivity contribution in [3.05, 3.63) is 96.4 Å². The molecule has 174 valence electrons. The van der Waals surface area contributed by atoms with Crippen LogP contribution in [0.4, 0.5) is 5.69 Å². The number of likely N-dealkylation sites (N-methyl/N-ethyl adjacent to an activating group) is 1. The third-order valence-corrected chi connectivity index (χ3v) is 6.37. The smallest absolute Gasteiger partial charge is 0.261 e. The van der Waals surface area contributed by atoms with Crippen molar-refractivity contribution in [2.24, 2.45) is 0 Å². The molecule has 1 N–H and O–H groups in total. The van der Waals surface area contributed by atoms with Crippen LogP contribution in [0, 0.1) is 0 Å². The Kier molecular flexibility index (Phi) is 6.56. The second-order valence-corrected chi connectivity index (χ2v) is 8.58. The largest absolute Gasteiger partial charge is 0.322 e. The predicted molar refractivity (Wildman–Crippen MR) is 135 cm³/mol. The molecule has 2 aromatic heterocycles. The van der Waals surface area contributed by atoms with Crippen molar-refractivity contribution in [2.75, 3.05) is 38.0 Å². The lowest BCUT2D eigenvalue weighted by molar-refractivity contribution is 0.102. The molecule has 1 fully saturated rings. The Morgan fingerprint density at radius 1 is 0.882 bits per heavy atom. The molecule has 3 heterocycles. The molecule has 0 radical (unpaired) electrons. The summed E-state index contributed by atoms with van der Waals surface area (Å²) < 4.78 is 3.70. The van der Waals surface area contributed by atoms with Gasteiger partial charge in [-0.05, 0) is 48.5 Å². The number of aromatic nitrogens is 3. The van der Waals surface area contributed by atoms with Crippen LogP contribution in [-0.4, -0.2) is 62.8 Å². The van der Waals surface area contributed by atoms with Crippen LogP contribution in [0.5, 0.6) is 0 Å². The molecule has 1 aliphatic heterocycles. The van der Waals surface area contributed by atoms with Crippen molar-refractivity contribution in [2.45, 2.75) is 13.5 Å². The summed E-state index contributed by atoms with van der Waals surface area (Å²) in [5, 5.41) is 7.57. The molecule has 0 spiro atoms. The van der Waals surface area contributed by atoms with E-state index < -0.39 is 0 Å². The van der Waals surface area contributed by atoms with Crippen LogP contribution in [0.1, 0.15) is 22.8 Å². The summed E-state index contributed by atoms with van der Waals surface area (Å²) in [6, 6.07) is 21.9. The normalized spacial score (nSPS) is 14.9. The average molecular weight is 455 g/mol. The molecule has 34 heavy (non-hydrogen) atoms. The molecule has 0 saturated carbocycles. The molecule has 1 aliphatic rings. The molecule has 0 atom stereocenters. The molecule has 1 amide bonds. The van der Waals surface area contributed by atoms with Crippen LogP contribution in [-0.2, 0) is 6.54 Å². The van der Waals surface area contributed by atoms with E-state index in [4.69, 9.17) is 0 Å². The summed E-state index contributed by atoms with van der Waals surface area (Å²) in [5.74, 6) is 0.519. The first kappa shape index (κ1) is 22.1. The van der Waals surface area contributed by atoms with E-state index in [9.17, 15) is 4.79 Å². The highest BCUT2D eigenvalue weighted by Gasteiger charge is 2.20. The quantitative estimate of drug-likeness (QED) is 0.458. The van der Waals surface area contributed by atoms with Gasteiger partial charge < -0.3 is 14.8 Å². The number of carbonyl (C=O) groups excluding carboxylic acids is 1. The lowest BCUT2D eigenvalue weighted by atomic mass is 10.1. The predicted octanol–water partition coefficient (Wildman–Crippen LogP) is 4.05. The third-order valence-electron chi connectivity index (χ3n) is 6.37. The number of para-hydroxylation sites is 1. The molecular weight excluding hydrogens is 424 g/mol. The number of hydrogen-bond acceptors (Lipinski definition) is 4. The fourth-order valence-corrected chi connectivity index (χ4v) is 4.40. The molecule has 0 aliphatic carbocycles. The number of anilines is 1. The minimum atomic E-state index is -0.186. The second-order valence-electron chi connectivity index (χ2n) is 8.58. The van der Waals surface area contributed by atoms with Gasteiger partial charge >= 0.3 is 0 Å². The van der Waals surface area contributed by atoms with Gasteiger partial charge in [0.15, 0.2) is 5.82 Å². The maximum absolute atomic E-state index is 13.2. The summed E-state index contributed by atoms with van der Waals surface area (Å²) in [5.41, 5.74) is 3.44. The van der Waals surface area contributed by atoms with Crippen molar-refractivity contribution in [1.29, 1.82) is 0 Å². The standard InChI is InChI=1S/C27H30N6O/c1-2-30-16-18-31(19-17-30)21-22-10-12-23(13-11-22)29-26(34)25-20-28-33(24-8-4-3-5-9-24)27(25)32-14-6-7-15-32/h3-15,20H,2,16-19,21H2,1H3,(H,29,34). The lowest BCUT2D eigenvalue weighted by Crippen LogP contribution is -2.45. The zero-order chi connectivity index (χ0) is 23.3. The van der Waals surface area contributed by atoms with Crippen molar-refractivity contribution in [3.63, 3.8) is 0 Å². The van der Waals surface area contributed by atoms with Gasteiger partial charge in [0, 0.05) is 50.8 Å².